The summed E-state index contributed by atoms with van der Waals surface area (Å²) in [6, 6.07) is 7.21. The van der Waals surface area contributed by atoms with E-state index in [1.807, 2.05) is 26.1 Å². The molecule has 0 aliphatic rings. The molecule has 1 atom stereocenters. The summed E-state index contributed by atoms with van der Waals surface area (Å²) < 4.78 is 17.3. The molecule has 6 nitrogen and oxygen atoms in total. The van der Waals surface area contributed by atoms with Gasteiger partial charge in [-0.3, -0.25) is 4.79 Å². The van der Waals surface area contributed by atoms with Crippen molar-refractivity contribution >= 4 is 27.5 Å². The number of rotatable bonds is 14. The van der Waals surface area contributed by atoms with Crippen LogP contribution in [0.5, 0.6) is 5.75 Å². The molecule has 28 heavy (non-hydrogen) atoms. The first-order chi connectivity index (χ1) is 13.4. The third-order valence-electron chi connectivity index (χ3n) is 3.28. The van der Waals surface area contributed by atoms with Crippen LogP contribution in [0.15, 0.2) is 24.3 Å². The number of carbonyl (C=O) groups excluding carboxylic acids is 1. The molecule has 0 saturated carbocycles. The quantitative estimate of drug-likeness (QED) is 0.266. The van der Waals surface area contributed by atoms with Crippen LogP contribution in [-0.4, -0.2) is 62.7 Å². The van der Waals surface area contributed by atoms with E-state index in [2.05, 4.69) is 31.4 Å². The third kappa shape index (κ3) is 11.8. The monoisotopic (exact) mass is 430 g/mol. The van der Waals surface area contributed by atoms with Crippen molar-refractivity contribution in [2.75, 3.05) is 46.6 Å². The molecule has 1 amide bonds. The van der Waals surface area contributed by atoms with Crippen molar-refractivity contribution in [3.8, 4) is 5.75 Å². The van der Waals surface area contributed by atoms with Crippen LogP contribution >= 0.6 is 21.6 Å². The molecule has 2 N–H and O–H groups in total. The first-order valence-corrected chi connectivity index (χ1v) is 11.8. The van der Waals surface area contributed by atoms with E-state index in [4.69, 9.17) is 14.2 Å². The van der Waals surface area contributed by atoms with Crippen LogP contribution in [0.1, 0.15) is 38.1 Å². The van der Waals surface area contributed by atoms with Gasteiger partial charge in [0.25, 0.3) is 5.91 Å². The van der Waals surface area contributed by atoms with Crippen LogP contribution < -0.4 is 15.4 Å². The van der Waals surface area contributed by atoms with Gasteiger partial charge < -0.3 is 24.8 Å². The van der Waals surface area contributed by atoms with Crippen LogP contribution in [0.3, 0.4) is 0 Å². The number of likely N-dealkylation sites (N-methyl/N-ethyl adjacent to an activating group) is 1. The predicted octanol–water partition coefficient (Wildman–Crippen LogP) is 3.57. The van der Waals surface area contributed by atoms with E-state index in [-0.39, 0.29) is 16.1 Å². The molecule has 8 heteroatoms. The number of amides is 1. The Labute approximate surface area is 177 Å². The average molecular weight is 431 g/mol. The molecule has 0 heterocycles. The minimum atomic E-state index is -0.127. The number of nitrogens with one attached hydrogen (secondary N) is 2. The summed E-state index contributed by atoms with van der Waals surface area (Å²) in [6.45, 7) is 11.9. The number of hydrogen-bond donors (Lipinski definition) is 2. The van der Waals surface area contributed by atoms with Crippen molar-refractivity contribution < 1.29 is 19.0 Å². The maximum atomic E-state index is 12.2. The van der Waals surface area contributed by atoms with E-state index in [1.54, 1.807) is 33.7 Å². The van der Waals surface area contributed by atoms with Crippen LogP contribution in [0.4, 0.5) is 0 Å². The van der Waals surface area contributed by atoms with Crippen LogP contribution in [0, 0.1) is 0 Å². The zero-order valence-electron chi connectivity index (χ0n) is 17.6. The molecular weight excluding hydrogens is 396 g/mol. The van der Waals surface area contributed by atoms with E-state index in [0.29, 0.717) is 44.3 Å². The van der Waals surface area contributed by atoms with Gasteiger partial charge in [0.1, 0.15) is 17.8 Å². The van der Waals surface area contributed by atoms with Crippen molar-refractivity contribution in [1.29, 1.82) is 0 Å². The lowest BCUT2D eigenvalue weighted by atomic mass is 10.2. The van der Waals surface area contributed by atoms with Gasteiger partial charge in [-0.2, -0.15) is 0 Å². The molecule has 0 radical (unpaired) electrons. The van der Waals surface area contributed by atoms with Crippen molar-refractivity contribution in [3.63, 3.8) is 0 Å². The standard InChI is InChI=1S/C20H34N2O4S2/c1-6-24-12-13-25-18(27-28-20(2,3)4)15-26-17-9-7-8-16(14-17)19(23)22-11-10-21-5/h7-9,14,18,21H,6,10-13,15H2,1-5H3,(H,22,23). The van der Waals surface area contributed by atoms with Crippen LogP contribution in [-0.2, 0) is 9.47 Å². The van der Waals surface area contributed by atoms with Crippen molar-refractivity contribution in [3.05, 3.63) is 29.8 Å². The Morgan fingerprint density at radius 1 is 1.21 bits per heavy atom. The minimum Gasteiger partial charge on any atom is -0.490 e. The van der Waals surface area contributed by atoms with Gasteiger partial charge >= 0.3 is 0 Å². The smallest absolute Gasteiger partial charge is 0.251 e. The summed E-state index contributed by atoms with van der Waals surface area (Å²) in [5.41, 5.74) is 0.455. The topological polar surface area (TPSA) is 68.8 Å². The largest absolute Gasteiger partial charge is 0.490 e. The second-order valence-electron chi connectivity index (χ2n) is 6.99. The molecule has 1 rings (SSSR count). The van der Waals surface area contributed by atoms with E-state index in [0.717, 1.165) is 6.54 Å². The summed E-state index contributed by atoms with van der Waals surface area (Å²) in [5, 5.41) is 5.86. The Morgan fingerprint density at radius 2 is 2.00 bits per heavy atom. The maximum Gasteiger partial charge on any atom is 0.251 e. The molecule has 0 bridgehead atoms. The number of ether oxygens (including phenoxy) is 3. The van der Waals surface area contributed by atoms with Crippen molar-refractivity contribution in [1.82, 2.24) is 10.6 Å². The first kappa shape index (κ1) is 25.1. The Kier molecular flexibility index (Phi) is 12.7. The second-order valence-corrected chi connectivity index (χ2v) is 10.2. The summed E-state index contributed by atoms with van der Waals surface area (Å²) in [4.78, 5) is 12.2. The highest BCUT2D eigenvalue weighted by Gasteiger charge is 2.18. The number of carbonyl (C=O) groups is 1. The fraction of sp³-hybridized carbons (Fsp3) is 0.650. The zero-order chi connectivity index (χ0) is 20.8. The number of hydrogen-bond acceptors (Lipinski definition) is 7. The predicted molar refractivity (Wildman–Crippen MR) is 119 cm³/mol. The van der Waals surface area contributed by atoms with Crippen LogP contribution in [0.2, 0.25) is 0 Å². The fourth-order valence-electron chi connectivity index (χ4n) is 1.98. The van der Waals surface area contributed by atoms with Gasteiger partial charge in [-0.05, 0) is 32.2 Å². The molecule has 0 spiro atoms. The van der Waals surface area contributed by atoms with Gasteiger partial charge in [-0.15, -0.1) is 0 Å². The van der Waals surface area contributed by atoms with Gasteiger partial charge in [-0.25, -0.2) is 0 Å². The number of benzene rings is 1. The van der Waals surface area contributed by atoms with E-state index >= 15 is 0 Å². The lowest BCUT2D eigenvalue weighted by molar-refractivity contribution is 0.0266. The highest BCUT2D eigenvalue weighted by Crippen LogP contribution is 2.38. The van der Waals surface area contributed by atoms with Gasteiger partial charge in [-0.1, -0.05) is 48.4 Å². The third-order valence-corrected chi connectivity index (χ3v) is 6.80. The maximum absolute atomic E-state index is 12.2. The summed E-state index contributed by atoms with van der Waals surface area (Å²) in [5.74, 6) is 0.545. The highest BCUT2D eigenvalue weighted by molar-refractivity contribution is 8.77. The Bertz CT molecular complexity index is 567. The van der Waals surface area contributed by atoms with Crippen molar-refractivity contribution in [2.45, 2.75) is 37.9 Å². The molecule has 0 fully saturated rings. The molecule has 0 saturated heterocycles. The Morgan fingerprint density at radius 3 is 2.68 bits per heavy atom. The molecular formula is C20H34N2O4S2. The molecule has 1 unspecified atom stereocenters. The molecule has 1 aromatic rings. The van der Waals surface area contributed by atoms with E-state index in [9.17, 15) is 4.79 Å². The van der Waals surface area contributed by atoms with Crippen molar-refractivity contribution in [2.24, 2.45) is 0 Å². The second kappa shape index (κ2) is 14.1. The van der Waals surface area contributed by atoms with Crippen LogP contribution in [0.25, 0.3) is 0 Å². The lowest BCUT2D eigenvalue weighted by Crippen LogP contribution is -2.30. The summed E-state index contributed by atoms with van der Waals surface area (Å²) >= 11 is 0. The summed E-state index contributed by atoms with van der Waals surface area (Å²) in [6.07, 6.45) is 0. The lowest BCUT2D eigenvalue weighted by Gasteiger charge is -2.22. The molecule has 160 valence electrons. The van der Waals surface area contributed by atoms with Gasteiger partial charge in [0.2, 0.25) is 0 Å². The Balaban J connectivity index is 2.58. The first-order valence-electron chi connectivity index (χ1n) is 9.55. The minimum absolute atomic E-state index is 0.108. The zero-order valence-corrected chi connectivity index (χ0v) is 19.2. The molecule has 1 aromatic carbocycles. The van der Waals surface area contributed by atoms with Gasteiger partial charge in [0.05, 0.1) is 13.2 Å². The molecule has 0 aliphatic carbocycles. The molecule has 0 aromatic heterocycles. The van der Waals surface area contributed by atoms with E-state index in [1.165, 1.54) is 0 Å². The Hall–Kier alpha value is -0.930. The van der Waals surface area contributed by atoms with Gasteiger partial charge in [0.15, 0.2) is 0 Å². The summed E-state index contributed by atoms with van der Waals surface area (Å²) in [7, 11) is 5.27. The SMILES string of the molecule is CCOCCOC(COc1cccc(C(=O)NCCNC)c1)SSC(C)(C)C. The average Bonchev–Trinajstić information content (AvgIpc) is 2.66. The van der Waals surface area contributed by atoms with Gasteiger partial charge in [0, 0.05) is 30.0 Å². The van der Waals surface area contributed by atoms with E-state index < -0.39 is 0 Å². The normalized spacial score (nSPS) is 12.6. The fourth-order valence-corrected chi connectivity index (χ4v) is 4.17. The highest BCUT2D eigenvalue weighted by atomic mass is 33.1. The molecule has 0 aliphatic heterocycles.